The molecule has 0 atom stereocenters. The van der Waals surface area contributed by atoms with E-state index in [-0.39, 0.29) is 12.2 Å². The molecule has 162 valence electrons. The summed E-state index contributed by atoms with van der Waals surface area (Å²) in [6.07, 6.45) is 5.45. The van der Waals surface area contributed by atoms with Crippen LogP contribution in [0.1, 0.15) is 22.0 Å². The highest BCUT2D eigenvalue weighted by atomic mass is 16.5. The quantitative estimate of drug-likeness (QED) is 0.452. The lowest BCUT2D eigenvalue weighted by Gasteiger charge is -2.27. The number of rotatable bonds is 5. The van der Waals surface area contributed by atoms with E-state index in [1.807, 2.05) is 49.0 Å². The third-order valence-electron chi connectivity index (χ3n) is 5.87. The molecule has 0 saturated carbocycles. The average Bonchev–Trinajstić information content (AvgIpc) is 3.17. The van der Waals surface area contributed by atoms with Crippen molar-refractivity contribution < 1.29 is 9.53 Å². The lowest BCUT2D eigenvalue weighted by Crippen LogP contribution is -2.36. The second kappa shape index (κ2) is 8.47. The summed E-state index contributed by atoms with van der Waals surface area (Å²) >= 11 is 0. The molecule has 5 rings (SSSR count). The van der Waals surface area contributed by atoms with Gasteiger partial charge in [0.2, 0.25) is 0 Å². The summed E-state index contributed by atoms with van der Waals surface area (Å²) in [5.41, 5.74) is 3.47. The molecule has 4 aromatic rings. The van der Waals surface area contributed by atoms with E-state index < -0.39 is 0 Å². The monoisotopic (exact) mass is 428 g/mol. The maximum Gasteiger partial charge on any atom is 0.170 e. The van der Waals surface area contributed by atoms with E-state index in [2.05, 4.69) is 24.8 Å². The number of carbonyl (C=O) groups is 1. The first-order chi connectivity index (χ1) is 15.6. The number of benzene rings is 1. The molecule has 0 unspecified atom stereocenters. The topological polar surface area (TPSA) is 86.0 Å². The van der Waals surface area contributed by atoms with Gasteiger partial charge in [-0.3, -0.25) is 4.79 Å². The number of morpholine rings is 1. The number of imidazole rings is 1. The van der Waals surface area contributed by atoms with Crippen LogP contribution < -0.4 is 4.90 Å². The van der Waals surface area contributed by atoms with Gasteiger partial charge in [0, 0.05) is 49.0 Å². The van der Waals surface area contributed by atoms with Gasteiger partial charge in [0.25, 0.3) is 0 Å². The van der Waals surface area contributed by atoms with E-state index in [1.165, 1.54) is 0 Å². The third-order valence-corrected chi connectivity index (χ3v) is 5.87. The molecule has 0 bridgehead atoms. The van der Waals surface area contributed by atoms with Gasteiger partial charge in [-0.05, 0) is 25.1 Å². The van der Waals surface area contributed by atoms with Crippen LogP contribution in [0.2, 0.25) is 0 Å². The van der Waals surface area contributed by atoms with Crippen molar-refractivity contribution >= 4 is 22.5 Å². The molecule has 8 heteroatoms. The molecule has 0 radical (unpaired) electrons. The lowest BCUT2D eigenvalue weighted by atomic mass is 10.1. The SMILES string of the molecule is Cc1ncc(-c2ccc3cnc(CC(=O)c4ccnc(N5CCOCC5)c4)nc3c2)n1C. The third kappa shape index (κ3) is 3.97. The highest BCUT2D eigenvalue weighted by Gasteiger charge is 2.16. The Labute approximate surface area is 185 Å². The van der Waals surface area contributed by atoms with Crippen LogP contribution in [0.5, 0.6) is 0 Å². The Morgan fingerprint density at radius 3 is 2.69 bits per heavy atom. The van der Waals surface area contributed by atoms with Gasteiger partial charge >= 0.3 is 0 Å². The zero-order valence-corrected chi connectivity index (χ0v) is 18.2. The van der Waals surface area contributed by atoms with Crippen molar-refractivity contribution in [2.24, 2.45) is 7.05 Å². The Morgan fingerprint density at radius 1 is 1.06 bits per heavy atom. The van der Waals surface area contributed by atoms with Crippen LogP contribution in [0.15, 0.2) is 48.9 Å². The van der Waals surface area contributed by atoms with E-state index in [0.29, 0.717) is 24.6 Å². The summed E-state index contributed by atoms with van der Waals surface area (Å²) in [5, 5.41) is 0.933. The highest BCUT2D eigenvalue weighted by molar-refractivity contribution is 5.98. The average molecular weight is 428 g/mol. The van der Waals surface area contributed by atoms with Gasteiger partial charge in [-0.15, -0.1) is 0 Å². The van der Waals surface area contributed by atoms with E-state index in [1.54, 1.807) is 18.5 Å². The first-order valence-electron chi connectivity index (χ1n) is 10.6. The Balaban J connectivity index is 1.39. The van der Waals surface area contributed by atoms with Crippen LogP contribution in [0, 0.1) is 6.92 Å². The number of hydrogen-bond donors (Lipinski definition) is 0. The Bertz CT molecular complexity index is 1290. The van der Waals surface area contributed by atoms with Crippen LogP contribution in [0.4, 0.5) is 5.82 Å². The zero-order valence-electron chi connectivity index (χ0n) is 18.2. The van der Waals surface area contributed by atoms with Crippen molar-refractivity contribution in [3.05, 3.63) is 66.1 Å². The van der Waals surface area contributed by atoms with E-state index in [9.17, 15) is 4.79 Å². The number of aryl methyl sites for hydroxylation is 1. The van der Waals surface area contributed by atoms with Gasteiger partial charge in [-0.25, -0.2) is 19.9 Å². The first kappa shape index (κ1) is 20.3. The number of carbonyl (C=O) groups excluding carboxylic acids is 1. The Hall–Kier alpha value is -3.65. The summed E-state index contributed by atoms with van der Waals surface area (Å²) in [6.45, 7) is 4.87. The van der Waals surface area contributed by atoms with Crippen molar-refractivity contribution in [3.8, 4) is 11.3 Å². The molecule has 3 aromatic heterocycles. The van der Waals surface area contributed by atoms with Gasteiger partial charge in [-0.1, -0.05) is 12.1 Å². The zero-order chi connectivity index (χ0) is 22.1. The van der Waals surface area contributed by atoms with Crippen LogP contribution in [0.25, 0.3) is 22.2 Å². The minimum atomic E-state index is -0.0281. The van der Waals surface area contributed by atoms with Crippen molar-refractivity contribution in [2.45, 2.75) is 13.3 Å². The number of ketones is 1. The number of aromatic nitrogens is 5. The maximum atomic E-state index is 13.0. The minimum Gasteiger partial charge on any atom is -0.378 e. The lowest BCUT2D eigenvalue weighted by molar-refractivity contribution is 0.0990. The number of Topliss-reactive ketones (excluding diaryl/α,β-unsaturated/α-hetero) is 1. The molecule has 0 spiro atoms. The molecule has 1 aliphatic heterocycles. The highest BCUT2D eigenvalue weighted by Crippen LogP contribution is 2.24. The van der Waals surface area contributed by atoms with Crippen LogP contribution in [-0.4, -0.2) is 56.6 Å². The predicted molar refractivity (Wildman–Crippen MR) is 122 cm³/mol. The maximum absolute atomic E-state index is 13.0. The first-order valence-corrected chi connectivity index (χ1v) is 10.6. The minimum absolute atomic E-state index is 0.0281. The van der Waals surface area contributed by atoms with Crippen molar-refractivity contribution in [1.82, 2.24) is 24.5 Å². The van der Waals surface area contributed by atoms with Gasteiger partial charge in [-0.2, -0.15) is 0 Å². The molecule has 4 heterocycles. The molecule has 32 heavy (non-hydrogen) atoms. The smallest absolute Gasteiger partial charge is 0.170 e. The number of hydrogen-bond acceptors (Lipinski definition) is 7. The standard InChI is InChI=1S/C24H24N6O2/c1-16-26-15-21(29(16)2)17-3-4-19-14-27-23(28-20(19)11-17)13-22(31)18-5-6-25-24(12-18)30-7-9-32-10-8-30/h3-6,11-12,14-15H,7-10,13H2,1-2H3. The van der Waals surface area contributed by atoms with Gasteiger partial charge < -0.3 is 14.2 Å². The molecule has 0 aliphatic carbocycles. The molecule has 1 saturated heterocycles. The summed E-state index contributed by atoms with van der Waals surface area (Å²) in [5.74, 6) is 2.22. The van der Waals surface area contributed by atoms with Gasteiger partial charge in [0.1, 0.15) is 17.5 Å². The summed E-state index contributed by atoms with van der Waals surface area (Å²) in [4.78, 5) is 33.0. The van der Waals surface area contributed by atoms with Crippen LogP contribution in [0.3, 0.4) is 0 Å². The Kier molecular flexibility index (Phi) is 5.36. The van der Waals surface area contributed by atoms with Crippen molar-refractivity contribution in [3.63, 3.8) is 0 Å². The summed E-state index contributed by atoms with van der Waals surface area (Å²) in [6, 6.07) is 9.64. The van der Waals surface area contributed by atoms with Crippen LogP contribution in [-0.2, 0) is 18.2 Å². The second-order valence-electron chi connectivity index (χ2n) is 7.91. The van der Waals surface area contributed by atoms with E-state index >= 15 is 0 Å². The molecule has 1 aromatic carbocycles. The fourth-order valence-electron chi connectivity index (χ4n) is 3.88. The molecule has 0 N–H and O–H groups in total. The molecule has 0 amide bonds. The fraction of sp³-hybridized carbons (Fsp3) is 0.292. The molecule has 1 fully saturated rings. The molecule has 8 nitrogen and oxygen atoms in total. The number of pyridine rings is 1. The van der Waals surface area contributed by atoms with Crippen molar-refractivity contribution in [1.29, 1.82) is 0 Å². The number of fused-ring (bicyclic) bond motifs is 1. The van der Waals surface area contributed by atoms with E-state index in [4.69, 9.17) is 4.74 Å². The number of anilines is 1. The molecular formula is C24H24N6O2. The van der Waals surface area contributed by atoms with Gasteiger partial charge in [0.05, 0.1) is 37.0 Å². The number of nitrogens with zero attached hydrogens (tertiary/aromatic N) is 6. The second-order valence-corrected chi connectivity index (χ2v) is 7.91. The van der Waals surface area contributed by atoms with Gasteiger partial charge in [0.15, 0.2) is 5.78 Å². The summed E-state index contributed by atoms with van der Waals surface area (Å²) < 4.78 is 7.44. The van der Waals surface area contributed by atoms with E-state index in [0.717, 1.165) is 46.9 Å². The van der Waals surface area contributed by atoms with Crippen LogP contribution >= 0.6 is 0 Å². The largest absolute Gasteiger partial charge is 0.378 e. The number of ether oxygens (including phenoxy) is 1. The molecule has 1 aliphatic rings. The predicted octanol–water partition coefficient (Wildman–Crippen LogP) is 3.00. The Morgan fingerprint density at radius 2 is 1.91 bits per heavy atom. The van der Waals surface area contributed by atoms with Crippen molar-refractivity contribution in [2.75, 3.05) is 31.2 Å². The fourth-order valence-corrected chi connectivity index (χ4v) is 3.88. The normalized spacial score (nSPS) is 14.1. The molecular weight excluding hydrogens is 404 g/mol. The summed E-state index contributed by atoms with van der Waals surface area (Å²) in [7, 11) is 1.99.